The van der Waals surface area contributed by atoms with Gasteiger partial charge in [-0.05, 0) is 38.4 Å². The first kappa shape index (κ1) is 21.8. The molecule has 2 aromatic carbocycles. The lowest BCUT2D eigenvalue weighted by Gasteiger charge is -2.31. The van der Waals surface area contributed by atoms with Crippen LogP contribution in [0.4, 0.5) is 5.69 Å². The van der Waals surface area contributed by atoms with E-state index in [4.69, 9.17) is 14.0 Å². The SMILES string of the molecule is COc1ccc(NC(=O)C2CCCN(Cc3nc(-c4ccc(C)cc4)no3)C2)c(OC)c1. The largest absolute Gasteiger partial charge is 0.497 e. The molecule has 0 saturated carbocycles. The van der Waals surface area contributed by atoms with Crippen molar-refractivity contribution in [3.63, 3.8) is 0 Å². The fourth-order valence-corrected chi connectivity index (χ4v) is 3.88. The molecule has 1 aliphatic rings. The van der Waals surface area contributed by atoms with Gasteiger partial charge in [-0.2, -0.15) is 4.98 Å². The number of methoxy groups -OCH3 is 2. The van der Waals surface area contributed by atoms with Crippen LogP contribution in [-0.2, 0) is 11.3 Å². The smallest absolute Gasteiger partial charge is 0.241 e. The molecule has 1 saturated heterocycles. The molecule has 1 aliphatic heterocycles. The van der Waals surface area contributed by atoms with E-state index in [1.165, 1.54) is 5.56 Å². The predicted octanol–water partition coefficient (Wildman–Crippen LogP) is 3.91. The highest BCUT2D eigenvalue weighted by Crippen LogP contribution is 2.30. The third-order valence-corrected chi connectivity index (χ3v) is 5.68. The average Bonchev–Trinajstić information content (AvgIpc) is 3.28. The molecule has 0 aliphatic carbocycles. The first-order valence-electron chi connectivity index (χ1n) is 10.7. The van der Waals surface area contributed by atoms with Crippen molar-refractivity contribution in [2.24, 2.45) is 5.92 Å². The summed E-state index contributed by atoms with van der Waals surface area (Å²) in [4.78, 5) is 19.6. The minimum atomic E-state index is -0.130. The van der Waals surface area contributed by atoms with Crippen molar-refractivity contribution in [3.8, 4) is 22.9 Å². The standard InChI is InChI=1S/C24H28N4O4/c1-16-6-8-17(9-7-16)23-26-22(32-27-23)15-28-12-4-5-18(14-28)24(29)25-20-11-10-19(30-2)13-21(20)31-3/h6-11,13,18H,4-5,12,14-15H2,1-3H3,(H,25,29). The quantitative estimate of drug-likeness (QED) is 0.600. The molecular formula is C24H28N4O4. The molecule has 0 radical (unpaired) electrons. The Morgan fingerprint density at radius 1 is 1.19 bits per heavy atom. The number of piperidine rings is 1. The van der Waals surface area contributed by atoms with Crippen molar-refractivity contribution < 1.29 is 18.8 Å². The van der Waals surface area contributed by atoms with Gasteiger partial charge in [0.1, 0.15) is 11.5 Å². The zero-order chi connectivity index (χ0) is 22.5. The van der Waals surface area contributed by atoms with Crippen molar-refractivity contribution >= 4 is 11.6 Å². The molecule has 2 heterocycles. The minimum Gasteiger partial charge on any atom is -0.497 e. The fourth-order valence-electron chi connectivity index (χ4n) is 3.88. The van der Waals surface area contributed by atoms with E-state index < -0.39 is 0 Å². The lowest BCUT2D eigenvalue weighted by atomic mass is 9.97. The molecule has 1 atom stereocenters. The number of rotatable bonds is 7. The Balaban J connectivity index is 1.37. The summed E-state index contributed by atoms with van der Waals surface area (Å²) in [5.41, 5.74) is 2.74. The summed E-state index contributed by atoms with van der Waals surface area (Å²) in [7, 11) is 3.17. The summed E-state index contributed by atoms with van der Waals surface area (Å²) < 4.78 is 16.1. The number of amides is 1. The van der Waals surface area contributed by atoms with Crippen LogP contribution in [-0.4, -0.2) is 48.3 Å². The Labute approximate surface area is 187 Å². The second kappa shape index (κ2) is 9.82. The van der Waals surface area contributed by atoms with E-state index >= 15 is 0 Å². The van der Waals surface area contributed by atoms with Crippen molar-refractivity contribution in [1.82, 2.24) is 15.0 Å². The molecule has 1 aromatic heterocycles. The van der Waals surface area contributed by atoms with Gasteiger partial charge in [-0.15, -0.1) is 0 Å². The highest BCUT2D eigenvalue weighted by atomic mass is 16.5. The number of nitrogens with zero attached hydrogens (tertiary/aromatic N) is 3. The summed E-state index contributed by atoms with van der Waals surface area (Å²) in [6.45, 7) is 4.08. The molecule has 4 rings (SSSR count). The summed E-state index contributed by atoms with van der Waals surface area (Å²) in [5.74, 6) is 2.23. The van der Waals surface area contributed by atoms with E-state index in [-0.39, 0.29) is 11.8 Å². The molecule has 3 aromatic rings. The molecule has 8 nitrogen and oxygen atoms in total. The topological polar surface area (TPSA) is 89.7 Å². The maximum absolute atomic E-state index is 12.9. The molecule has 168 valence electrons. The molecule has 0 spiro atoms. The number of benzene rings is 2. The van der Waals surface area contributed by atoms with Crippen molar-refractivity contribution in [1.29, 1.82) is 0 Å². The van der Waals surface area contributed by atoms with Crippen molar-refractivity contribution in [2.45, 2.75) is 26.3 Å². The third-order valence-electron chi connectivity index (χ3n) is 5.68. The minimum absolute atomic E-state index is 0.0240. The van der Waals surface area contributed by atoms with E-state index in [1.54, 1.807) is 32.4 Å². The van der Waals surface area contributed by atoms with Crippen molar-refractivity contribution in [2.75, 3.05) is 32.6 Å². The zero-order valence-electron chi connectivity index (χ0n) is 18.6. The molecule has 1 fully saturated rings. The summed E-state index contributed by atoms with van der Waals surface area (Å²) >= 11 is 0. The number of ether oxygens (including phenoxy) is 2. The Morgan fingerprint density at radius 3 is 2.75 bits per heavy atom. The molecule has 0 bridgehead atoms. The lowest BCUT2D eigenvalue weighted by Crippen LogP contribution is -2.40. The van der Waals surface area contributed by atoms with Crippen LogP contribution in [0, 0.1) is 12.8 Å². The molecule has 1 unspecified atom stereocenters. The van der Waals surface area contributed by atoms with Gasteiger partial charge in [0, 0.05) is 18.2 Å². The van der Waals surface area contributed by atoms with Gasteiger partial charge in [-0.25, -0.2) is 0 Å². The summed E-state index contributed by atoms with van der Waals surface area (Å²) in [5, 5.41) is 7.11. The number of carbonyl (C=O) groups excluding carboxylic acids is 1. The number of hydrogen-bond donors (Lipinski definition) is 1. The van der Waals surface area contributed by atoms with Crippen LogP contribution in [0.5, 0.6) is 11.5 Å². The van der Waals surface area contributed by atoms with Crippen LogP contribution in [0.1, 0.15) is 24.3 Å². The van der Waals surface area contributed by atoms with E-state index in [0.29, 0.717) is 42.0 Å². The molecular weight excluding hydrogens is 408 g/mol. The normalized spacial score (nSPS) is 16.5. The van der Waals surface area contributed by atoms with E-state index in [9.17, 15) is 4.79 Å². The fraction of sp³-hybridized carbons (Fsp3) is 0.375. The van der Waals surface area contributed by atoms with E-state index in [2.05, 4.69) is 20.4 Å². The predicted molar refractivity (Wildman–Crippen MR) is 121 cm³/mol. The highest BCUT2D eigenvalue weighted by molar-refractivity contribution is 5.94. The van der Waals surface area contributed by atoms with Gasteiger partial charge in [-0.3, -0.25) is 9.69 Å². The number of carbonyl (C=O) groups is 1. The number of aryl methyl sites for hydroxylation is 1. The van der Waals surface area contributed by atoms with Gasteiger partial charge < -0.3 is 19.3 Å². The first-order valence-corrected chi connectivity index (χ1v) is 10.7. The second-order valence-corrected chi connectivity index (χ2v) is 8.01. The van der Waals surface area contributed by atoms with Crippen LogP contribution in [0.2, 0.25) is 0 Å². The van der Waals surface area contributed by atoms with E-state index in [1.807, 2.05) is 31.2 Å². The lowest BCUT2D eigenvalue weighted by molar-refractivity contribution is -0.121. The van der Waals surface area contributed by atoms with Gasteiger partial charge in [0.25, 0.3) is 0 Å². The summed E-state index contributed by atoms with van der Waals surface area (Å²) in [6, 6.07) is 13.4. The van der Waals surface area contributed by atoms with Crippen LogP contribution < -0.4 is 14.8 Å². The average molecular weight is 437 g/mol. The number of hydrogen-bond acceptors (Lipinski definition) is 7. The monoisotopic (exact) mass is 436 g/mol. The van der Waals surface area contributed by atoms with E-state index in [0.717, 1.165) is 24.9 Å². The summed E-state index contributed by atoms with van der Waals surface area (Å²) in [6.07, 6.45) is 1.76. The van der Waals surface area contributed by atoms with Crippen LogP contribution in [0.3, 0.4) is 0 Å². The number of nitrogens with one attached hydrogen (secondary N) is 1. The van der Waals surface area contributed by atoms with Gasteiger partial charge in [0.05, 0.1) is 32.4 Å². The molecule has 1 amide bonds. The zero-order valence-corrected chi connectivity index (χ0v) is 18.6. The van der Waals surface area contributed by atoms with Gasteiger partial charge >= 0.3 is 0 Å². The van der Waals surface area contributed by atoms with Gasteiger partial charge in [0.2, 0.25) is 17.6 Å². The Hall–Kier alpha value is -3.39. The molecule has 32 heavy (non-hydrogen) atoms. The number of aromatic nitrogens is 2. The highest BCUT2D eigenvalue weighted by Gasteiger charge is 2.27. The van der Waals surface area contributed by atoms with Gasteiger partial charge in [-0.1, -0.05) is 35.0 Å². The van der Waals surface area contributed by atoms with Crippen LogP contribution in [0.25, 0.3) is 11.4 Å². The molecule has 1 N–H and O–H groups in total. The first-order chi connectivity index (χ1) is 15.6. The maximum Gasteiger partial charge on any atom is 0.241 e. The number of anilines is 1. The van der Waals surface area contributed by atoms with Crippen LogP contribution >= 0.6 is 0 Å². The molecule has 8 heteroatoms. The Bertz CT molecular complexity index is 1060. The van der Waals surface area contributed by atoms with Crippen LogP contribution in [0.15, 0.2) is 47.0 Å². The Kier molecular flexibility index (Phi) is 6.70. The second-order valence-electron chi connectivity index (χ2n) is 8.01. The third kappa shape index (κ3) is 5.08. The van der Waals surface area contributed by atoms with Gasteiger partial charge in [0.15, 0.2) is 0 Å². The Morgan fingerprint density at radius 2 is 2.00 bits per heavy atom. The number of likely N-dealkylation sites (tertiary alicyclic amines) is 1. The van der Waals surface area contributed by atoms with Crippen molar-refractivity contribution in [3.05, 3.63) is 53.9 Å². The maximum atomic E-state index is 12.9.